The lowest BCUT2D eigenvalue weighted by Crippen LogP contribution is -2.38. The summed E-state index contributed by atoms with van der Waals surface area (Å²) in [6, 6.07) is 1.94. The summed E-state index contributed by atoms with van der Waals surface area (Å²) < 4.78 is 25.5. The number of hydrogen-bond donors (Lipinski definition) is 1. The zero-order chi connectivity index (χ0) is 16.9. The van der Waals surface area contributed by atoms with Crippen molar-refractivity contribution < 1.29 is 8.42 Å². The predicted octanol–water partition coefficient (Wildman–Crippen LogP) is 1.95. The Labute approximate surface area is 140 Å². The largest absolute Gasteiger partial charge is 0.347 e. The Balaban J connectivity index is 1.90. The SMILES string of the molecule is Cc1nc2cnc3nccc3c2c(C2CCCN(S(C)(=O)=O)C2)[nH]1. The van der Waals surface area contributed by atoms with Crippen LogP contribution >= 0.6 is 0 Å². The molecule has 1 saturated heterocycles. The second-order valence-corrected chi connectivity index (χ2v) is 8.38. The van der Waals surface area contributed by atoms with Gasteiger partial charge in [-0.1, -0.05) is 0 Å². The number of piperidine rings is 1. The van der Waals surface area contributed by atoms with E-state index in [-0.39, 0.29) is 5.92 Å². The summed E-state index contributed by atoms with van der Waals surface area (Å²) in [6.45, 7) is 2.99. The lowest BCUT2D eigenvalue weighted by Gasteiger charge is -2.31. The van der Waals surface area contributed by atoms with Crippen LogP contribution in [0.25, 0.3) is 21.9 Å². The first-order chi connectivity index (χ1) is 11.4. The molecule has 3 aromatic heterocycles. The summed E-state index contributed by atoms with van der Waals surface area (Å²) in [5, 5.41) is 1.96. The number of nitrogens with zero attached hydrogens (tertiary/aromatic N) is 4. The van der Waals surface area contributed by atoms with E-state index in [2.05, 4.69) is 19.9 Å². The number of nitrogens with one attached hydrogen (secondary N) is 1. The van der Waals surface area contributed by atoms with Crippen LogP contribution in [0.2, 0.25) is 0 Å². The van der Waals surface area contributed by atoms with Crippen molar-refractivity contribution in [2.75, 3.05) is 19.3 Å². The number of rotatable bonds is 2. The van der Waals surface area contributed by atoms with Crippen molar-refractivity contribution in [3.05, 3.63) is 30.0 Å². The predicted molar refractivity (Wildman–Crippen MR) is 92.3 cm³/mol. The maximum atomic E-state index is 11.9. The molecular weight excluding hydrogens is 326 g/mol. The lowest BCUT2D eigenvalue weighted by atomic mass is 9.92. The van der Waals surface area contributed by atoms with Gasteiger partial charge in [0, 0.05) is 41.7 Å². The molecule has 4 rings (SSSR count). The highest BCUT2D eigenvalue weighted by molar-refractivity contribution is 7.88. The monoisotopic (exact) mass is 345 g/mol. The summed E-state index contributed by atoms with van der Waals surface area (Å²) >= 11 is 0. The minimum absolute atomic E-state index is 0.109. The van der Waals surface area contributed by atoms with Crippen molar-refractivity contribution in [3.8, 4) is 0 Å². The molecule has 1 aliphatic heterocycles. The van der Waals surface area contributed by atoms with Crippen LogP contribution in [-0.2, 0) is 10.0 Å². The molecule has 1 aliphatic rings. The Kier molecular flexibility index (Phi) is 3.54. The van der Waals surface area contributed by atoms with Crippen LogP contribution in [0.5, 0.6) is 0 Å². The average molecular weight is 345 g/mol. The number of fused-ring (bicyclic) bond motifs is 3. The van der Waals surface area contributed by atoms with Gasteiger partial charge in [-0.15, -0.1) is 0 Å². The van der Waals surface area contributed by atoms with E-state index >= 15 is 0 Å². The maximum Gasteiger partial charge on any atom is 0.211 e. The van der Waals surface area contributed by atoms with Crippen molar-refractivity contribution >= 4 is 32.0 Å². The van der Waals surface area contributed by atoms with Crippen LogP contribution in [0.1, 0.15) is 30.3 Å². The van der Waals surface area contributed by atoms with Gasteiger partial charge in [0.25, 0.3) is 0 Å². The van der Waals surface area contributed by atoms with Crippen molar-refractivity contribution in [1.29, 1.82) is 0 Å². The van der Waals surface area contributed by atoms with E-state index in [1.54, 1.807) is 16.7 Å². The molecule has 0 radical (unpaired) electrons. The van der Waals surface area contributed by atoms with Gasteiger partial charge in [0.05, 0.1) is 18.0 Å². The smallest absolute Gasteiger partial charge is 0.211 e. The highest BCUT2D eigenvalue weighted by Crippen LogP contribution is 2.34. The van der Waals surface area contributed by atoms with Gasteiger partial charge in [-0.05, 0) is 25.8 Å². The molecule has 1 atom stereocenters. The molecule has 8 heteroatoms. The number of aromatic amines is 1. The summed E-state index contributed by atoms with van der Waals surface area (Å²) in [5.41, 5.74) is 2.54. The number of sulfonamides is 1. The van der Waals surface area contributed by atoms with Crippen molar-refractivity contribution in [3.63, 3.8) is 0 Å². The molecule has 0 saturated carbocycles. The quantitative estimate of drug-likeness (QED) is 0.766. The van der Waals surface area contributed by atoms with Crippen molar-refractivity contribution in [1.82, 2.24) is 24.2 Å². The molecule has 3 aromatic rings. The summed E-state index contributed by atoms with van der Waals surface area (Å²) in [6.07, 6.45) is 6.55. The standard InChI is InChI=1S/C16H19N5O2S/c1-10-19-13-8-18-16-12(5-6-17-16)14(13)15(20-10)11-4-3-7-21(9-11)24(2,22)23/h5-6,8,11H,3-4,7,9H2,1-2H3,(H,19,20). The lowest BCUT2D eigenvalue weighted by molar-refractivity contribution is 0.315. The normalized spacial score (nSPS) is 20.0. The third-order valence-electron chi connectivity index (χ3n) is 4.65. The zero-order valence-corrected chi connectivity index (χ0v) is 14.5. The number of aryl methyl sites for hydroxylation is 1. The van der Waals surface area contributed by atoms with Gasteiger partial charge in [-0.25, -0.2) is 27.7 Å². The van der Waals surface area contributed by atoms with Crippen molar-refractivity contribution in [2.45, 2.75) is 25.7 Å². The summed E-state index contributed by atoms with van der Waals surface area (Å²) in [5.74, 6) is 0.910. The Morgan fingerprint density at radius 2 is 2.17 bits per heavy atom. The van der Waals surface area contributed by atoms with Gasteiger partial charge in [0.1, 0.15) is 5.82 Å². The molecule has 0 amide bonds. The van der Waals surface area contributed by atoms with Gasteiger partial charge in [0.15, 0.2) is 5.65 Å². The van der Waals surface area contributed by atoms with E-state index in [1.807, 2.05) is 13.0 Å². The third-order valence-corrected chi connectivity index (χ3v) is 5.92. The minimum atomic E-state index is -3.18. The van der Waals surface area contributed by atoms with E-state index in [1.165, 1.54) is 6.26 Å². The van der Waals surface area contributed by atoms with Crippen LogP contribution < -0.4 is 0 Å². The Morgan fingerprint density at radius 1 is 1.33 bits per heavy atom. The Hall–Kier alpha value is -2.06. The molecule has 1 unspecified atom stereocenters. The number of hydrogen-bond acceptors (Lipinski definition) is 5. The van der Waals surface area contributed by atoms with Gasteiger partial charge in [0.2, 0.25) is 10.0 Å². The van der Waals surface area contributed by atoms with Crippen molar-refractivity contribution in [2.24, 2.45) is 0 Å². The first-order valence-corrected chi connectivity index (χ1v) is 9.83. The van der Waals surface area contributed by atoms with E-state index in [0.29, 0.717) is 18.7 Å². The van der Waals surface area contributed by atoms with Crippen LogP contribution in [0.4, 0.5) is 0 Å². The minimum Gasteiger partial charge on any atom is -0.347 e. The molecule has 7 nitrogen and oxygen atoms in total. The highest BCUT2D eigenvalue weighted by atomic mass is 32.2. The second kappa shape index (κ2) is 5.49. The second-order valence-electron chi connectivity index (χ2n) is 6.40. The molecule has 24 heavy (non-hydrogen) atoms. The molecule has 0 aromatic carbocycles. The maximum absolute atomic E-state index is 11.9. The van der Waals surface area contributed by atoms with Crippen LogP contribution in [-0.4, -0.2) is 52.0 Å². The Morgan fingerprint density at radius 3 is 2.96 bits per heavy atom. The highest BCUT2D eigenvalue weighted by Gasteiger charge is 2.29. The number of pyridine rings is 1. The Bertz CT molecular complexity index is 1030. The first-order valence-electron chi connectivity index (χ1n) is 7.98. The first kappa shape index (κ1) is 15.5. The van der Waals surface area contributed by atoms with E-state index < -0.39 is 10.0 Å². The fourth-order valence-electron chi connectivity index (χ4n) is 3.57. The fourth-order valence-corrected chi connectivity index (χ4v) is 4.48. The van der Waals surface area contributed by atoms with E-state index in [4.69, 9.17) is 0 Å². The molecule has 126 valence electrons. The van der Waals surface area contributed by atoms with E-state index in [0.717, 1.165) is 40.6 Å². The van der Waals surface area contributed by atoms with Gasteiger partial charge < -0.3 is 4.98 Å². The molecule has 0 bridgehead atoms. The zero-order valence-electron chi connectivity index (χ0n) is 13.7. The molecule has 1 N–H and O–H groups in total. The average Bonchev–Trinajstić information content (AvgIpc) is 3.02. The van der Waals surface area contributed by atoms with Crippen LogP contribution in [0, 0.1) is 6.92 Å². The topological polar surface area (TPSA) is 91.8 Å². The van der Waals surface area contributed by atoms with Gasteiger partial charge in [-0.3, -0.25) is 0 Å². The van der Waals surface area contributed by atoms with Gasteiger partial charge in [-0.2, -0.15) is 0 Å². The van der Waals surface area contributed by atoms with E-state index in [9.17, 15) is 8.42 Å². The number of aromatic nitrogens is 4. The van der Waals surface area contributed by atoms with Gasteiger partial charge >= 0.3 is 0 Å². The fraction of sp³-hybridized carbons (Fsp3) is 0.438. The molecule has 0 aliphatic carbocycles. The van der Waals surface area contributed by atoms with Crippen LogP contribution in [0.15, 0.2) is 18.5 Å². The summed E-state index contributed by atoms with van der Waals surface area (Å²) in [4.78, 5) is 16.6. The molecule has 1 fully saturated rings. The summed E-state index contributed by atoms with van der Waals surface area (Å²) in [7, 11) is -3.18. The molecule has 4 heterocycles. The molecular formula is C16H19N5O2S. The molecule has 0 spiro atoms. The number of H-pyrrole nitrogens is 1. The van der Waals surface area contributed by atoms with Crippen LogP contribution in [0.3, 0.4) is 0 Å². The third kappa shape index (κ3) is 2.55.